The molecule has 3 unspecified atom stereocenters. The zero-order valence-electron chi connectivity index (χ0n) is 12.9. The number of hydrogen-bond donors (Lipinski definition) is 1. The van der Waals surface area contributed by atoms with Crippen molar-refractivity contribution in [3.8, 4) is 0 Å². The lowest BCUT2D eigenvalue weighted by molar-refractivity contribution is -0.131. The van der Waals surface area contributed by atoms with Crippen molar-refractivity contribution in [2.75, 3.05) is 13.6 Å². The first-order valence-electron chi connectivity index (χ1n) is 7.44. The molecule has 0 bridgehead atoms. The number of nitrogens with one attached hydrogen (secondary N) is 1. The Hall–Kier alpha value is -1.91. The van der Waals surface area contributed by atoms with Crippen LogP contribution in [0.1, 0.15) is 38.3 Å². The molecule has 0 spiro atoms. The number of carbonyl (C=O) groups excluding carboxylic acids is 2. The summed E-state index contributed by atoms with van der Waals surface area (Å²) in [5.74, 6) is 0.771. The van der Waals surface area contributed by atoms with Crippen LogP contribution in [-0.4, -0.2) is 35.3 Å². The summed E-state index contributed by atoms with van der Waals surface area (Å²) in [6.07, 6.45) is 4.75. The van der Waals surface area contributed by atoms with E-state index in [-0.39, 0.29) is 23.8 Å². The molecule has 2 amide bonds. The number of hydrogen-bond acceptors (Lipinski definition) is 3. The molecule has 0 aliphatic heterocycles. The maximum Gasteiger partial charge on any atom is 0.224 e. The van der Waals surface area contributed by atoms with Crippen molar-refractivity contribution in [3.63, 3.8) is 0 Å². The van der Waals surface area contributed by atoms with Crippen LogP contribution < -0.4 is 5.32 Å². The van der Waals surface area contributed by atoms with Gasteiger partial charge in [0.1, 0.15) is 0 Å². The molecule has 1 fully saturated rings. The van der Waals surface area contributed by atoms with E-state index in [9.17, 15) is 9.59 Å². The molecule has 114 valence electrons. The second-order valence-corrected chi connectivity index (χ2v) is 5.82. The van der Waals surface area contributed by atoms with Crippen LogP contribution in [0.2, 0.25) is 0 Å². The molecule has 1 saturated carbocycles. The lowest BCUT2D eigenvalue weighted by Crippen LogP contribution is -2.34. The molecule has 5 heteroatoms. The van der Waals surface area contributed by atoms with Gasteiger partial charge < -0.3 is 10.2 Å². The van der Waals surface area contributed by atoms with Crippen molar-refractivity contribution in [2.45, 2.75) is 32.7 Å². The number of nitrogens with zero attached hydrogens (tertiary/aromatic N) is 2. The molecule has 2 rings (SSSR count). The average Bonchev–Trinajstić information content (AvgIpc) is 3.23. The van der Waals surface area contributed by atoms with Gasteiger partial charge in [-0.15, -0.1) is 0 Å². The first-order valence-corrected chi connectivity index (χ1v) is 7.44. The van der Waals surface area contributed by atoms with Gasteiger partial charge in [0.2, 0.25) is 11.8 Å². The normalized spacial score (nSPS) is 21.5. The lowest BCUT2D eigenvalue weighted by atomic mass is 10.1. The second kappa shape index (κ2) is 6.70. The van der Waals surface area contributed by atoms with E-state index in [0.29, 0.717) is 18.9 Å². The molecule has 1 aromatic rings. The molecule has 1 N–H and O–H groups in total. The Balaban J connectivity index is 1.76. The SMILES string of the molecule is CC1CC1C(=O)NCCC(=O)N(C)C(C)c1ccncc1. The molecular weight excluding hydrogens is 266 g/mol. The molecule has 0 aromatic carbocycles. The highest BCUT2D eigenvalue weighted by Crippen LogP contribution is 2.37. The first kappa shape index (κ1) is 15.5. The third kappa shape index (κ3) is 4.03. The van der Waals surface area contributed by atoms with Crippen molar-refractivity contribution in [1.82, 2.24) is 15.2 Å². The molecule has 5 nitrogen and oxygen atoms in total. The van der Waals surface area contributed by atoms with Crippen LogP contribution in [0.3, 0.4) is 0 Å². The van der Waals surface area contributed by atoms with E-state index in [1.165, 1.54) is 0 Å². The Labute approximate surface area is 125 Å². The quantitative estimate of drug-likeness (QED) is 0.868. The number of rotatable bonds is 6. The summed E-state index contributed by atoms with van der Waals surface area (Å²) in [5.41, 5.74) is 1.05. The lowest BCUT2D eigenvalue weighted by Gasteiger charge is -2.25. The highest BCUT2D eigenvalue weighted by atomic mass is 16.2. The van der Waals surface area contributed by atoms with E-state index in [2.05, 4.69) is 17.2 Å². The Morgan fingerprint density at radius 3 is 2.62 bits per heavy atom. The van der Waals surface area contributed by atoms with Gasteiger partial charge in [-0.1, -0.05) is 6.92 Å². The molecule has 1 aliphatic carbocycles. The predicted molar refractivity (Wildman–Crippen MR) is 80.3 cm³/mol. The van der Waals surface area contributed by atoms with Crippen LogP contribution in [0.15, 0.2) is 24.5 Å². The minimum absolute atomic E-state index is 0.000319. The van der Waals surface area contributed by atoms with Gasteiger partial charge in [-0.05, 0) is 37.0 Å². The number of aromatic nitrogens is 1. The largest absolute Gasteiger partial charge is 0.355 e. The summed E-state index contributed by atoms with van der Waals surface area (Å²) in [4.78, 5) is 29.5. The maximum atomic E-state index is 12.1. The summed E-state index contributed by atoms with van der Waals surface area (Å²) >= 11 is 0. The van der Waals surface area contributed by atoms with E-state index in [4.69, 9.17) is 0 Å². The minimum atomic E-state index is -0.000319. The third-order valence-corrected chi connectivity index (χ3v) is 4.25. The number of amides is 2. The second-order valence-electron chi connectivity index (χ2n) is 5.82. The van der Waals surface area contributed by atoms with Gasteiger partial charge in [0.15, 0.2) is 0 Å². The number of pyridine rings is 1. The topological polar surface area (TPSA) is 62.3 Å². The zero-order chi connectivity index (χ0) is 15.4. The van der Waals surface area contributed by atoms with Crippen molar-refractivity contribution >= 4 is 11.8 Å². The van der Waals surface area contributed by atoms with Crippen LogP contribution in [0.25, 0.3) is 0 Å². The minimum Gasteiger partial charge on any atom is -0.355 e. The van der Waals surface area contributed by atoms with Gasteiger partial charge in [0.25, 0.3) is 0 Å². The van der Waals surface area contributed by atoms with Crippen LogP contribution in [0, 0.1) is 11.8 Å². The Kier molecular flexibility index (Phi) is 4.94. The van der Waals surface area contributed by atoms with Gasteiger partial charge in [-0.2, -0.15) is 0 Å². The zero-order valence-corrected chi connectivity index (χ0v) is 12.9. The van der Waals surface area contributed by atoms with E-state index < -0.39 is 0 Å². The summed E-state index contributed by atoms with van der Waals surface area (Å²) in [5, 5.41) is 2.84. The van der Waals surface area contributed by atoms with E-state index in [1.54, 1.807) is 24.3 Å². The Bertz CT molecular complexity index is 504. The van der Waals surface area contributed by atoms with Crippen LogP contribution in [0.4, 0.5) is 0 Å². The van der Waals surface area contributed by atoms with Crippen molar-refractivity contribution in [2.24, 2.45) is 11.8 Å². The smallest absolute Gasteiger partial charge is 0.224 e. The van der Waals surface area contributed by atoms with Crippen molar-refractivity contribution < 1.29 is 9.59 Å². The Morgan fingerprint density at radius 1 is 1.43 bits per heavy atom. The van der Waals surface area contributed by atoms with Crippen LogP contribution in [-0.2, 0) is 9.59 Å². The summed E-state index contributed by atoms with van der Waals surface area (Å²) in [6, 6.07) is 3.81. The predicted octanol–water partition coefficient (Wildman–Crippen LogP) is 1.76. The Morgan fingerprint density at radius 2 is 2.05 bits per heavy atom. The van der Waals surface area contributed by atoms with Gasteiger partial charge >= 0.3 is 0 Å². The van der Waals surface area contributed by atoms with Gasteiger partial charge in [-0.25, -0.2) is 0 Å². The van der Waals surface area contributed by atoms with Crippen molar-refractivity contribution in [1.29, 1.82) is 0 Å². The molecule has 0 radical (unpaired) electrons. The molecular formula is C16H23N3O2. The average molecular weight is 289 g/mol. The summed E-state index contributed by atoms with van der Waals surface area (Å²) < 4.78 is 0. The molecule has 21 heavy (non-hydrogen) atoms. The molecule has 1 aliphatic rings. The number of carbonyl (C=O) groups is 2. The fourth-order valence-corrected chi connectivity index (χ4v) is 2.37. The highest BCUT2D eigenvalue weighted by molar-refractivity contribution is 5.82. The van der Waals surface area contributed by atoms with Crippen LogP contribution >= 0.6 is 0 Å². The molecule has 3 atom stereocenters. The van der Waals surface area contributed by atoms with Crippen molar-refractivity contribution in [3.05, 3.63) is 30.1 Å². The van der Waals surface area contributed by atoms with E-state index in [0.717, 1.165) is 12.0 Å². The summed E-state index contributed by atoms with van der Waals surface area (Å²) in [7, 11) is 1.79. The van der Waals surface area contributed by atoms with Gasteiger partial charge in [0.05, 0.1) is 6.04 Å². The molecule has 1 aromatic heterocycles. The van der Waals surface area contributed by atoms with E-state index >= 15 is 0 Å². The monoisotopic (exact) mass is 289 g/mol. The van der Waals surface area contributed by atoms with Gasteiger partial charge in [-0.3, -0.25) is 14.6 Å². The standard InChI is InChI=1S/C16H23N3O2/c1-11-10-14(11)16(21)18-9-6-15(20)19(3)12(2)13-4-7-17-8-5-13/h4-5,7-8,11-12,14H,6,9-10H2,1-3H3,(H,18,21). The molecule has 0 saturated heterocycles. The maximum absolute atomic E-state index is 12.1. The highest BCUT2D eigenvalue weighted by Gasteiger charge is 2.38. The fourth-order valence-electron chi connectivity index (χ4n) is 2.37. The van der Waals surface area contributed by atoms with E-state index in [1.807, 2.05) is 19.1 Å². The molecule has 1 heterocycles. The fraction of sp³-hybridized carbons (Fsp3) is 0.562. The summed E-state index contributed by atoms with van der Waals surface area (Å²) in [6.45, 7) is 4.46. The first-order chi connectivity index (χ1) is 10.0. The third-order valence-electron chi connectivity index (χ3n) is 4.25. The van der Waals surface area contributed by atoms with Gasteiger partial charge in [0, 0.05) is 38.3 Å². The van der Waals surface area contributed by atoms with Crippen LogP contribution in [0.5, 0.6) is 0 Å².